The number of carboxylic acid groups (broad SMARTS) is 1. The summed E-state index contributed by atoms with van der Waals surface area (Å²) in [5, 5.41) is 10.8. The Morgan fingerprint density at radius 2 is 1.95 bits per heavy atom. The SMILES string of the molecule is Cc1c(F)cc(C(N)=O)cc1NC(=O)CCC(=O)O. The molecule has 0 spiro atoms. The number of carbonyl (C=O) groups excluding carboxylic acids is 2. The topological polar surface area (TPSA) is 109 Å². The molecule has 0 bridgehead atoms. The highest BCUT2D eigenvalue weighted by Gasteiger charge is 2.13. The van der Waals surface area contributed by atoms with Gasteiger partial charge < -0.3 is 16.2 Å². The number of hydrogen-bond donors (Lipinski definition) is 3. The summed E-state index contributed by atoms with van der Waals surface area (Å²) in [7, 11) is 0. The Balaban J connectivity index is 2.91. The molecule has 1 aromatic rings. The second kappa shape index (κ2) is 5.94. The van der Waals surface area contributed by atoms with Crippen molar-refractivity contribution in [3.05, 3.63) is 29.1 Å². The van der Waals surface area contributed by atoms with Gasteiger partial charge in [-0.25, -0.2) is 4.39 Å². The van der Waals surface area contributed by atoms with E-state index in [1.54, 1.807) is 0 Å². The summed E-state index contributed by atoms with van der Waals surface area (Å²) in [5.41, 5.74) is 5.21. The molecule has 0 heterocycles. The molecule has 0 aliphatic carbocycles. The number of benzene rings is 1. The molecule has 0 unspecified atom stereocenters. The molecule has 19 heavy (non-hydrogen) atoms. The van der Waals surface area contributed by atoms with E-state index >= 15 is 0 Å². The van der Waals surface area contributed by atoms with E-state index in [-0.39, 0.29) is 29.7 Å². The highest BCUT2D eigenvalue weighted by molar-refractivity contribution is 5.97. The molecule has 1 aromatic carbocycles. The predicted molar refractivity (Wildman–Crippen MR) is 65.2 cm³/mol. The van der Waals surface area contributed by atoms with Crippen molar-refractivity contribution in [1.82, 2.24) is 0 Å². The fraction of sp³-hybridized carbons (Fsp3) is 0.250. The van der Waals surface area contributed by atoms with Crippen LogP contribution in [0.1, 0.15) is 28.8 Å². The quantitative estimate of drug-likeness (QED) is 0.741. The van der Waals surface area contributed by atoms with E-state index < -0.39 is 23.6 Å². The van der Waals surface area contributed by atoms with Crippen molar-refractivity contribution < 1.29 is 23.9 Å². The van der Waals surface area contributed by atoms with E-state index in [1.165, 1.54) is 13.0 Å². The van der Waals surface area contributed by atoms with Gasteiger partial charge in [0.05, 0.1) is 6.42 Å². The molecule has 0 aromatic heterocycles. The lowest BCUT2D eigenvalue weighted by Gasteiger charge is -2.10. The van der Waals surface area contributed by atoms with Crippen LogP contribution in [0, 0.1) is 12.7 Å². The summed E-state index contributed by atoms with van der Waals surface area (Å²) in [6.45, 7) is 1.42. The van der Waals surface area contributed by atoms with Gasteiger partial charge in [0.2, 0.25) is 11.8 Å². The Morgan fingerprint density at radius 1 is 1.32 bits per heavy atom. The average Bonchev–Trinajstić information content (AvgIpc) is 2.31. The third-order valence-electron chi connectivity index (χ3n) is 2.47. The Morgan fingerprint density at radius 3 is 2.47 bits per heavy atom. The number of halogens is 1. The molecule has 7 heteroatoms. The molecule has 2 amide bonds. The first-order valence-electron chi connectivity index (χ1n) is 5.43. The van der Waals surface area contributed by atoms with Crippen LogP contribution in [0.2, 0.25) is 0 Å². The van der Waals surface area contributed by atoms with E-state index in [9.17, 15) is 18.8 Å². The van der Waals surface area contributed by atoms with Gasteiger partial charge in [0.1, 0.15) is 5.82 Å². The van der Waals surface area contributed by atoms with Crippen LogP contribution in [-0.4, -0.2) is 22.9 Å². The Bertz CT molecular complexity index is 543. The minimum absolute atomic E-state index is 0.0726. The average molecular weight is 268 g/mol. The van der Waals surface area contributed by atoms with Crippen LogP contribution in [-0.2, 0) is 9.59 Å². The van der Waals surface area contributed by atoms with Crippen molar-refractivity contribution in [2.75, 3.05) is 5.32 Å². The number of anilines is 1. The molecule has 4 N–H and O–H groups in total. The van der Waals surface area contributed by atoms with Gasteiger partial charge in [0.15, 0.2) is 0 Å². The van der Waals surface area contributed by atoms with Crippen molar-refractivity contribution in [2.24, 2.45) is 5.73 Å². The van der Waals surface area contributed by atoms with Crippen molar-refractivity contribution in [3.8, 4) is 0 Å². The molecule has 0 saturated heterocycles. The van der Waals surface area contributed by atoms with Crippen molar-refractivity contribution in [3.63, 3.8) is 0 Å². The van der Waals surface area contributed by atoms with Crippen LogP contribution in [0.25, 0.3) is 0 Å². The van der Waals surface area contributed by atoms with Crippen LogP contribution in [0.3, 0.4) is 0 Å². The first-order valence-corrected chi connectivity index (χ1v) is 5.43. The zero-order valence-electron chi connectivity index (χ0n) is 10.2. The number of amides is 2. The molecular formula is C12H13FN2O4. The molecular weight excluding hydrogens is 255 g/mol. The molecule has 0 radical (unpaired) electrons. The second-order valence-corrected chi connectivity index (χ2v) is 3.94. The van der Waals surface area contributed by atoms with E-state index in [1.807, 2.05) is 0 Å². The van der Waals surface area contributed by atoms with Crippen LogP contribution in [0.4, 0.5) is 10.1 Å². The van der Waals surface area contributed by atoms with Gasteiger partial charge in [-0.2, -0.15) is 0 Å². The second-order valence-electron chi connectivity index (χ2n) is 3.94. The highest BCUT2D eigenvalue weighted by atomic mass is 19.1. The van der Waals surface area contributed by atoms with Crippen LogP contribution < -0.4 is 11.1 Å². The number of aliphatic carboxylic acids is 1. The summed E-state index contributed by atoms with van der Waals surface area (Å²) < 4.78 is 13.5. The Hall–Kier alpha value is -2.44. The van der Waals surface area contributed by atoms with Crippen molar-refractivity contribution in [1.29, 1.82) is 0 Å². The maximum Gasteiger partial charge on any atom is 0.303 e. The zero-order valence-corrected chi connectivity index (χ0v) is 10.2. The molecule has 102 valence electrons. The first kappa shape index (κ1) is 14.6. The standard InChI is InChI=1S/C12H13FN2O4/c1-6-8(13)4-7(12(14)19)5-9(6)15-10(16)2-3-11(17)18/h4-5H,2-3H2,1H3,(H2,14,19)(H,15,16)(H,17,18). The summed E-state index contributed by atoms with van der Waals surface area (Å²) in [6.07, 6.45) is -0.569. The minimum atomic E-state index is -1.11. The van der Waals surface area contributed by atoms with Gasteiger partial charge >= 0.3 is 5.97 Å². The van der Waals surface area contributed by atoms with Gasteiger partial charge in [-0.05, 0) is 19.1 Å². The van der Waals surface area contributed by atoms with E-state index in [4.69, 9.17) is 10.8 Å². The van der Waals surface area contributed by atoms with Crippen LogP contribution in [0.5, 0.6) is 0 Å². The van der Waals surface area contributed by atoms with E-state index in [2.05, 4.69) is 5.32 Å². The maximum absolute atomic E-state index is 13.5. The number of carbonyl (C=O) groups is 3. The fourth-order valence-corrected chi connectivity index (χ4v) is 1.38. The Kier molecular flexibility index (Phi) is 4.57. The molecule has 0 fully saturated rings. The monoisotopic (exact) mass is 268 g/mol. The third kappa shape index (κ3) is 4.06. The predicted octanol–water partition coefficient (Wildman–Crippen LogP) is 1.04. The lowest BCUT2D eigenvalue weighted by atomic mass is 10.1. The molecule has 0 aliphatic rings. The summed E-state index contributed by atoms with van der Waals surface area (Å²) in [6, 6.07) is 2.23. The molecule has 0 saturated carbocycles. The molecule has 0 atom stereocenters. The van der Waals surface area contributed by atoms with Crippen molar-refractivity contribution in [2.45, 2.75) is 19.8 Å². The van der Waals surface area contributed by atoms with Gasteiger partial charge in [-0.3, -0.25) is 14.4 Å². The lowest BCUT2D eigenvalue weighted by Crippen LogP contribution is -2.16. The summed E-state index contributed by atoms with van der Waals surface area (Å²) in [4.78, 5) is 32.8. The number of primary amides is 1. The highest BCUT2D eigenvalue weighted by Crippen LogP contribution is 2.20. The van der Waals surface area contributed by atoms with Crippen LogP contribution >= 0.6 is 0 Å². The number of nitrogens with two attached hydrogens (primary N) is 1. The maximum atomic E-state index is 13.5. The fourth-order valence-electron chi connectivity index (χ4n) is 1.38. The molecule has 0 aliphatic heterocycles. The number of carboxylic acids is 1. The first-order chi connectivity index (χ1) is 8.81. The number of hydrogen-bond acceptors (Lipinski definition) is 3. The van der Waals surface area contributed by atoms with E-state index in [0.717, 1.165) is 6.07 Å². The summed E-state index contributed by atoms with van der Waals surface area (Å²) in [5.74, 6) is -3.18. The van der Waals surface area contributed by atoms with Crippen LogP contribution in [0.15, 0.2) is 12.1 Å². The Labute approximate surface area is 108 Å². The van der Waals surface area contributed by atoms with Gasteiger partial charge in [-0.1, -0.05) is 0 Å². The zero-order chi connectivity index (χ0) is 14.6. The molecule has 1 rings (SSSR count). The largest absolute Gasteiger partial charge is 0.481 e. The third-order valence-corrected chi connectivity index (χ3v) is 2.47. The summed E-state index contributed by atoms with van der Waals surface area (Å²) >= 11 is 0. The lowest BCUT2D eigenvalue weighted by molar-refractivity contribution is -0.138. The molecule has 6 nitrogen and oxygen atoms in total. The minimum Gasteiger partial charge on any atom is -0.481 e. The normalized spacial score (nSPS) is 10.0. The number of rotatable bonds is 5. The van der Waals surface area contributed by atoms with Gasteiger partial charge in [0, 0.05) is 23.2 Å². The smallest absolute Gasteiger partial charge is 0.303 e. The van der Waals surface area contributed by atoms with Crippen molar-refractivity contribution >= 4 is 23.5 Å². The number of nitrogens with one attached hydrogen (secondary N) is 1. The van der Waals surface area contributed by atoms with E-state index in [0.29, 0.717) is 0 Å². The van der Waals surface area contributed by atoms with Gasteiger partial charge in [0.25, 0.3) is 0 Å². The van der Waals surface area contributed by atoms with Gasteiger partial charge in [-0.15, -0.1) is 0 Å².